The van der Waals surface area contributed by atoms with E-state index in [4.69, 9.17) is 9.47 Å². The van der Waals surface area contributed by atoms with E-state index in [1.165, 1.54) is 25.9 Å². The molecule has 0 saturated carbocycles. The van der Waals surface area contributed by atoms with Gasteiger partial charge in [-0.1, -0.05) is 13.0 Å². The van der Waals surface area contributed by atoms with Crippen LogP contribution in [0.25, 0.3) is 0 Å². The first-order chi connectivity index (χ1) is 11.2. The minimum Gasteiger partial charge on any atom is -0.493 e. The molecule has 0 unspecified atom stereocenters. The lowest BCUT2D eigenvalue weighted by Gasteiger charge is -2.30. The summed E-state index contributed by atoms with van der Waals surface area (Å²) < 4.78 is 10.5. The number of benzene rings is 1. The van der Waals surface area contributed by atoms with Gasteiger partial charge in [0, 0.05) is 6.54 Å². The van der Waals surface area contributed by atoms with Crippen LogP contribution in [0.15, 0.2) is 18.2 Å². The Labute approximate surface area is 139 Å². The van der Waals surface area contributed by atoms with Gasteiger partial charge in [0.25, 0.3) is 5.91 Å². The average Bonchev–Trinajstić information content (AvgIpc) is 2.59. The molecule has 128 valence electrons. The Hall–Kier alpha value is -1.75. The summed E-state index contributed by atoms with van der Waals surface area (Å²) in [6.45, 7) is 6.39. The molecule has 0 aliphatic carbocycles. The Morgan fingerprint density at radius 3 is 2.65 bits per heavy atom. The van der Waals surface area contributed by atoms with Crippen LogP contribution < -0.4 is 14.8 Å². The number of hydrogen-bond acceptors (Lipinski definition) is 4. The highest BCUT2D eigenvalue weighted by atomic mass is 16.5. The molecule has 0 aromatic heterocycles. The second-order valence-electron chi connectivity index (χ2n) is 6.17. The summed E-state index contributed by atoms with van der Waals surface area (Å²) in [6.07, 6.45) is 3.53. The molecule has 1 aliphatic heterocycles. The van der Waals surface area contributed by atoms with E-state index in [9.17, 15) is 4.79 Å². The molecule has 1 aromatic rings. The third-order valence-electron chi connectivity index (χ3n) is 4.46. The van der Waals surface area contributed by atoms with E-state index >= 15 is 0 Å². The molecule has 0 bridgehead atoms. The summed E-state index contributed by atoms with van der Waals surface area (Å²) in [4.78, 5) is 14.8. The second kappa shape index (κ2) is 8.77. The minimum absolute atomic E-state index is 0.118. The number of amides is 1. The van der Waals surface area contributed by atoms with Crippen molar-refractivity contribution in [3.05, 3.63) is 23.8 Å². The van der Waals surface area contributed by atoms with E-state index in [2.05, 4.69) is 17.1 Å². The SMILES string of the molecule is COc1cccc(C(=O)NCCCN2CCC(C)CC2)c1OC. The number of ether oxygens (including phenoxy) is 2. The molecular weight excluding hydrogens is 292 g/mol. The van der Waals surface area contributed by atoms with Crippen LogP contribution in [0.3, 0.4) is 0 Å². The van der Waals surface area contributed by atoms with Gasteiger partial charge in [-0.2, -0.15) is 0 Å². The highest BCUT2D eigenvalue weighted by Crippen LogP contribution is 2.30. The van der Waals surface area contributed by atoms with E-state index in [0.717, 1.165) is 18.9 Å². The van der Waals surface area contributed by atoms with Crippen LogP contribution in [-0.2, 0) is 0 Å². The van der Waals surface area contributed by atoms with Gasteiger partial charge in [0.1, 0.15) is 0 Å². The molecule has 0 radical (unpaired) electrons. The highest BCUT2D eigenvalue weighted by Gasteiger charge is 2.17. The van der Waals surface area contributed by atoms with Crippen molar-refractivity contribution in [2.75, 3.05) is 40.4 Å². The van der Waals surface area contributed by atoms with Crippen LogP contribution in [0.4, 0.5) is 0 Å². The molecule has 0 spiro atoms. The monoisotopic (exact) mass is 320 g/mol. The second-order valence-corrected chi connectivity index (χ2v) is 6.17. The summed E-state index contributed by atoms with van der Waals surface area (Å²) >= 11 is 0. The van der Waals surface area contributed by atoms with E-state index in [1.807, 2.05) is 0 Å². The Bertz CT molecular complexity index is 511. The molecule has 2 rings (SSSR count). The molecule has 23 heavy (non-hydrogen) atoms. The third-order valence-corrected chi connectivity index (χ3v) is 4.46. The first-order valence-corrected chi connectivity index (χ1v) is 8.37. The topological polar surface area (TPSA) is 50.8 Å². The van der Waals surface area contributed by atoms with Crippen LogP contribution in [-0.4, -0.2) is 51.2 Å². The van der Waals surface area contributed by atoms with Crippen molar-refractivity contribution in [1.82, 2.24) is 10.2 Å². The van der Waals surface area contributed by atoms with E-state index in [0.29, 0.717) is 23.6 Å². The van der Waals surface area contributed by atoms with Crippen LogP contribution in [0.2, 0.25) is 0 Å². The Morgan fingerprint density at radius 2 is 2.00 bits per heavy atom. The van der Waals surface area contributed by atoms with Gasteiger partial charge in [-0.25, -0.2) is 0 Å². The van der Waals surface area contributed by atoms with Crippen molar-refractivity contribution >= 4 is 5.91 Å². The number of rotatable bonds is 7. The smallest absolute Gasteiger partial charge is 0.255 e. The normalized spacial score (nSPS) is 16.1. The predicted molar refractivity (Wildman–Crippen MR) is 91.3 cm³/mol. The molecule has 5 heteroatoms. The highest BCUT2D eigenvalue weighted by molar-refractivity contribution is 5.97. The van der Waals surface area contributed by atoms with Crippen molar-refractivity contribution < 1.29 is 14.3 Å². The zero-order chi connectivity index (χ0) is 16.7. The molecule has 1 heterocycles. The fourth-order valence-corrected chi connectivity index (χ4v) is 2.95. The van der Waals surface area contributed by atoms with Gasteiger partial charge in [0.2, 0.25) is 0 Å². The van der Waals surface area contributed by atoms with Crippen molar-refractivity contribution in [3.8, 4) is 11.5 Å². The molecule has 1 aromatic carbocycles. The van der Waals surface area contributed by atoms with Crippen molar-refractivity contribution in [2.45, 2.75) is 26.2 Å². The molecular formula is C18H28N2O3. The summed E-state index contributed by atoms with van der Waals surface area (Å²) in [5, 5.41) is 2.97. The quantitative estimate of drug-likeness (QED) is 0.785. The number of carbonyl (C=O) groups is 1. The number of methoxy groups -OCH3 is 2. The standard InChI is InChI=1S/C18H28N2O3/c1-14-8-12-20(13-9-14)11-5-10-19-18(21)15-6-4-7-16(22-2)17(15)23-3/h4,6-7,14H,5,8-13H2,1-3H3,(H,19,21). The van der Waals surface area contributed by atoms with Gasteiger partial charge in [0.05, 0.1) is 19.8 Å². The lowest BCUT2D eigenvalue weighted by atomic mass is 9.99. The number of piperidine rings is 1. The van der Waals surface area contributed by atoms with Crippen molar-refractivity contribution in [2.24, 2.45) is 5.92 Å². The lowest BCUT2D eigenvalue weighted by Crippen LogP contribution is -2.35. The van der Waals surface area contributed by atoms with Crippen LogP contribution in [0, 0.1) is 5.92 Å². The number of likely N-dealkylation sites (tertiary alicyclic amines) is 1. The zero-order valence-corrected chi connectivity index (χ0v) is 14.4. The molecule has 1 aliphatic rings. The average molecular weight is 320 g/mol. The summed E-state index contributed by atoms with van der Waals surface area (Å²) in [5.74, 6) is 1.79. The maximum absolute atomic E-state index is 12.3. The number of carbonyl (C=O) groups excluding carboxylic acids is 1. The minimum atomic E-state index is -0.118. The van der Waals surface area contributed by atoms with Gasteiger partial charge < -0.3 is 19.7 Å². The molecule has 5 nitrogen and oxygen atoms in total. The number of nitrogens with zero attached hydrogens (tertiary/aromatic N) is 1. The number of nitrogens with one attached hydrogen (secondary N) is 1. The summed E-state index contributed by atoms with van der Waals surface area (Å²) in [6, 6.07) is 5.33. The fraction of sp³-hybridized carbons (Fsp3) is 0.611. The van der Waals surface area contributed by atoms with Gasteiger partial charge >= 0.3 is 0 Å². The van der Waals surface area contributed by atoms with Gasteiger partial charge in [0.15, 0.2) is 11.5 Å². The van der Waals surface area contributed by atoms with Crippen LogP contribution in [0.5, 0.6) is 11.5 Å². The summed E-state index contributed by atoms with van der Waals surface area (Å²) in [5.41, 5.74) is 0.513. The Balaban J connectivity index is 1.79. The predicted octanol–water partition coefficient (Wildman–Crippen LogP) is 2.56. The van der Waals surface area contributed by atoms with Gasteiger partial charge in [-0.05, 0) is 56.9 Å². The zero-order valence-electron chi connectivity index (χ0n) is 14.4. The van der Waals surface area contributed by atoms with Crippen LogP contribution >= 0.6 is 0 Å². The first kappa shape index (κ1) is 17.6. The summed E-state index contributed by atoms with van der Waals surface area (Å²) in [7, 11) is 3.12. The maximum atomic E-state index is 12.3. The molecule has 1 saturated heterocycles. The molecule has 1 amide bonds. The lowest BCUT2D eigenvalue weighted by molar-refractivity contribution is 0.0947. The largest absolute Gasteiger partial charge is 0.493 e. The maximum Gasteiger partial charge on any atom is 0.255 e. The van der Waals surface area contributed by atoms with Gasteiger partial charge in [-0.15, -0.1) is 0 Å². The van der Waals surface area contributed by atoms with Crippen molar-refractivity contribution in [3.63, 3.8) is 0 Å². The number of para-hydroxylation sites is 1. The van der Waals surface area contributed by atoms with Crippen molar-refractivity contribution in [1.29, 1.82) is 0 Å². The van der Waals surface area contributed by atoms with Crippen LogP contribution in [0.1, 0.15) is 36.5 Å². The van der Waals surface area contributed by atoms with E-state index in [-0.39, 0.29) is 5.91 Å². The Kier molecular flexibility index (Phi) is 6.71. The molecule has 1 N–H and O–H groups in total. The molecule has 1 fully saturated rings. The number of hydrogen-bond donors (Lipinski definition) is 1. The van der Waals surface area contributed by atoms with E-state index < -0.39 is 0 Å². The molecule has 0 atom stereocenters. The van der Waals surface area contributed by atoms with Gasteiger partial charge in [-0.3, -0.25) is 4.79 Å². The third kappa shape index (κ3) is 4.86. The van der Waals surface area contributed by atoms with E-state index in [1.54, 1.807) is 32.4 Å². The first-order valence-electron chi connectivity index (χ1n) is 8.37. The fourth-order valence-electron chi connectivity index (χ4n) is 2.95. The Morgan fingerprint density at radius 1 is 1.26 bits per heavy atom.